The van der Waals surface area contributed by atoms with E-state index in [2.05, 4.69) is 23.7 Å². The number of hydrogen-bond acceptors (Lipinski definition) is 1. The number of hydrogen-bond donors (Lipinski definition) is 1. The number of carbonyl (C=O) groups is 1. The van der Waals surface area contributed by atoms with Gasteiger partial charge in [-0.1, -0.05) is 24.5 Å². The average molecular weight is 163 g/mol. The molecule has 2 nitrogen and oxygen atoms in total. The van der Waals surface area contributed by atoms with Crippen LogP contribution in [-0.4, -0.2) is 12.5 Å². The summed E-state index contributed by atoms with van der Waals surface area (Å²) < 4.78 is 0. The molecule has 0 saturated heterocycles. The Hall–Kier alpha value is -1.49. The fourth-order valence-electron chi connectivity index (χ4n) is 0.603. The average Bonchev–Trinajstić information content (AvgIpc) is 2.05. The molecule has 0 heterocycles. The topological polar surface area (TPSA) is 29.1 Å². The van der Waals surface area contributed by atoms with Gasteiger partial charge >= 0.3 is 0 Å². The quantitative estimate of drug-likeness (QED) is 0.379. The number of rotatable bonds is 3. The molecule has 12 heavy (non-hydrogen) atoms. The van der Waals surface area contributed by atoms with Crippen molar-refractivity contribution in [3.63, 3.8) is 0 Å². The predicted molar refractivity (Wildman–Crippen MR) is 50.4 cm³/mol. The van der Waals surface area contributed by atoms with E-state index in [9.17, 15) is 4.79 Å². The van der Waals surface area contributed by atoms with Crippen molar-refractivity contribution in [2.45, 2.75) is 13.3 Å². The van der Waals surface area contributed by atoms with Gasteiger partial charge in [0.15, 0.2) is 0 Å². The second kappa shape index (κ2) is 7.62. The molecule has 0 unspecified atom stereocenters. The van der Waals surface area contributed by atoms with E-state index in [1.54, 1.807) is 13.0 Å². The van der Waals surface area contributed by atoms with Gasteiger partial charge in [0, 0.05) is 13.0 Å². The molecule has 0 saturated carbocycles. The Balaban J connectivity index is 3.43. The van der Waals surface area contributed by atoms with Crippen LogP contribution in [0.1, 0.15) is 13.3 Å². The molecule has 0 aliphatic rings. The highest BCUT2D eigenvalue weighted by Crippen LogP contribution is 1.75. The zero-order valence-corrected chi connectivity index (χ0v) is 7.26. The lowest BCUT2D eigenvalue weighted by atomic mass is 10.4. The maximum atomic E-state index is 10.8. The first-order valence-electron chi connectivity index (χ1n) is 3.81. The van der Waals surface area contributed by atoms with E-state index in [1.807, 2.05) is 0 Å². The molecule has 1 amide bonds. The summed E-state index contributed by atoms with van der Waals surface area (Å²) in [7, 11) is 0. The highest BCUT2D eigenvalue weighted by atomic mass is 16.1. The maximum Gasteiger partial charge on any atom is 0.243 e. The molecule has 0 aliphatic carbocycles. The van der Waals surface area contributed by atoms with Crippen LogP contribution in [0.4, 0.5) is 0 Å². The van der Waals surface area contributed by atoms with Gasteiger partial charge < -0.3 is 5.32 Å². The van der Waals surface area contributed by atoms with Crippen molar-refractivity contribution < 1.29 is 4.79 Å². The molecule has 0 aromatic carbocycles. The summed E-state index contributed by atoms with van der Waals surface area (Å²) in [5, 5.41) is 2.68. The molecule has 0 spiro atoms. The first kappa shape index (κ1) is 10.5. The lowest BCUT2D eigenvalue weighted by Crippen LogP contribution is -2.21. The van der Waals surface area contributed by atoms with Gasteiger partial charge in [-0.25, -0.2) is 0 Å². The molecule has 0 fully saturated rings. The largest absolute Gasteiger partial charge is 0.352 e. The fraction of sp³-hybridized carbons (Fsp3) is 0.300. The van der Waals surface area contributed by atoms with Crippen LogP contribution in [0.2, 0.25) is 0 Å². The van der Waals surface area contributed by atoms with E-state index >= 15 is 0 Å². The van der Waals surface area contributed by atoms with Crippen LogP contribution in [0.3, 0.4) is 0 Å². The standard InChI is InChI=1S/C10H13NO/c1-3-5-6-7-9-11-10(12)8-4-2/h3-4,8H,1,7,9H2,2H3,(H,11,12)/b8-4+. The predicted octanol–water partition coefficient (Wildman–Crippen LogP) is 1.26. The Bertz CT molecular complexity index is 230. The van der Waals surface area contributed by atoms with Crippen LogP contribution in [0.25, 0.3) is 0 Å². The Morgan fingerprint density at radius 2 is 2.42 bits per heavy atom. The minimum Gasteiger partial charge on any atom is -0.352 e. The van der Waals surface area contributed by atoms with Gasteiger partial charge in [0.2, 0.25) is 5.91 Å². The summed E-state index contributed by atoms with van der Waals surface area (Å²) in [6.07, 6.45) is 5.38. The minimum absolute atomic E-state index is 0.0714. The molecule has 2 heteroatoms. The lowest BCUT2D eigenvalue weighted by molar-refractivity contribution is -0.116. The first-order chi connectivity index (χ1) is 5.81. The maximum absolute atomic E-state index is 10.8. The summed E-state index contributed by atoms with van der Waals surface area (Å²) in [6.45, 7) is 5.84. The van der Waals surface area contributed by atoms with E-state index in [-0.39, 0.29) is 5.91 Å². The van der Waals surface area contributed by atoms with Gasteiger partial charge in [-0.3, -0.25) is 4.79 Å². The van der Waals surface area contributed by atoms with Gasteiger partial charge in [-0.2, -0.15) is 0 Å². The van der Waals surface area contributed by atoms with Crippen LogP contribution in [-0.2, 0) is 4.79 Å². The second-order valence-electron chi connectivity index (χ2n) is 2.07. The Labute approximate surface area is 73.4 Å². The lowest BCUT2D eigenvalue weighted by Gasteiger charge is -1.95. The van der Waals surface area contributed by atoms with Crippen LogP contribution < -0.4 is 5.32 Å². The molecule has 0 aliphatic heterocycles. The number of carbonyl (C=O) groups excluding carboxylic acids is 1. The summed E-state index contributed by atoms with van der Waals surface area (Å²) in [4.78, 5) is 10.8. The third-order valence-corrected chi connectivity index (χ3v) is 1.07. The molecule has 1 N–H and O–H groups in total. The van der Waals surface area contributed by atoms with E-state index in [0.717, 1.165) is 0 Å². The highest BCUT2D eigenvalue weighted by molar-refractivity contribution is 5.87. The summed E-state index contributed by atoms with van der Waals surface area (Å²) in [5.74, 6) is 5.45. The normalized spacial score (nSPS) is 8.75. The third kappa shape index (κ3) is 6.63. The molecule has 0 aromatic rings. The van der Waals surface area contributed by atoms with Crippen LogP contribution in [0.5, 0.6) is 0 Å². The van der Waals surface area contributed by atoms with E-state index in [1.165, 1.54) is 12.2 Å². The van der Waals surface area contributed by atoms with Crippen molar-refractivity contribution in [3.05, 3.63) is 24.8 Å². The zero-order valence-electron chi connectivity index (χ0n) is 7.26. The van der Waals surface area contributed by atoms with Gasteiger partial charge in [0.05, 0.1) is 0 Å². The van der Waals surface area contributed by atoms with E-state index < -0.39 is 0 Å². The molecular formula is C10H13NO. The smallest absolute Gasteiger partial charge is 0.243 e. The van der Waals surface area contributed by atoms with Gasteiger partial charge in [0.25, 0.3) is 0 Å². The molecule has 0 rings (SSSR count). The summed E-state index contributed by atoms with van der Waals surface area (Å²) >= 11 is 0. The summed E-state index contributed by atoms with van der Waals surface area (Å²) in [5.41, 5.74) is 0. The molecule has 0 radical (unpaired) electrons. The number of nitrogens with one attached hydrogen (secondary N) is 1. The molecule has 0 bridgehead atoms. The van der Waals surface area contributed by atoms with Gasteiger partial charge in [-0.15, -0.1) is 0 Å². The van der Waals surface area contributed by atoms with Crippen molar-refractivity contribution in [2.75, 3.05) is 6.54 Å². The molecule has 64 valence electrons. The van der Waals surface area contributed by atoms with E-state index in [4.69, 9.17) is 0 Å². The van der Waals surface area contributed by atoms with Gasteiger partial charge in [-0.05, 0) is 19.1 Å². The van der Waals surface area contributed by atoms with Crippen LogP contribution >= 0.6 is 0 Å². The number of allylic oxidation sites excluding steroid dienone is 2. The minimum atomic E-state index is -0.0714. The first-order valence-corrected chi connectivity index (χ1v) is 3.81. The van der Waals surface area contributed by atoms with Crippen LogP contribution in [0.15, 0.2) is 24.8 Å². The SMILES string of the molecule is C=CC#CCCNC(=O)/C=C/C. The number of amides is 1. The highest BCUT2D eigenvalue weighted by Gasteiger charge is 1.89. The zero-order chi connectivity index (χ0) is 9.23. The van der Waals surface area contributed by atoms with E-state index in [0.29, 0.717) is 13.0 Å². The Kier molecular flexibility index (Phi) is 6.67. The summed E-state index contributed by atoms with van der Waals surface area (Å²) in [6, 6.07) is 0. The molecule has 0 atom stereocenters. The van der Waals surface area contributed by atoms with Gasteiger partial charge in [0.1, 0.15) is 0 Å². The third-order valence-electron chi connectivity index (χ3n) is 1.07. The van der Waals surface area contributed by atoms with Crippen molar-refractivity contribution in [1.82, 2.24) is 5.32 Å². The van der Waals surface area contributed by atoms with Crippen molar-refractivity contribution in [1.29, 1.82) is 0 Å². The second-order valence-corrected chi connectivity index (χ2v) is 2.07. The van der Waals surface area contributed by atoms with Crippen molar-refractivity contribution in [2.24, 2.45) is 0 Å². The van der Waals surface area contributed by atoms with Crippen LogP contribution in [0, 0.1) is 11.8 Å². The Morgan fingerprint density at radius 1 is 1.67 bits per heavy atom. The fourth-order valence-corrected chi connectivity index (χ4v) is 0.603. The molecular weight excluding hydrogens is 150 g/mol. The van der Waals surface area contributed by atoms with Crippen molar-refractivity contribution in [3.8, 4) is 11.8 Å². The Morgan fingerprint density at radius 3 is 3.00 bits per heavy atom. The molecule has 0 aromatic heterocycles. The van der Waals surface area contributed by atoms with Crippen molar-refractivity contribution >= 4 is 5.91 Å². The monoisotopic (exact) mass is 163 g/mol.